The van der Waals surface area contributed by atoms with E-state index in [-0.39, 0.29) is 24.0 Å². The number of methoxy groups -OCH3 is 1. The topological polar surface area (TPSA) is 100 Å². The van der Waals surface area contributed by atoms with Crippen LogP contribution in [0.5, 0.6) is 0 Å². The molecule has 2 amide bonds. The first-order chi connectivity index (χ1) is 12.2. The van der Waals surface area contributed by atoms with Crippen LogP contribution < -0.4 is 11.1 Å². The number of hydrogen-bond donors (Lipinski definition) is 2. The number of carbonyl (C=O) groups excluding carboxylic acids is 2. The van der Waals surface area contributed by atoms with Crippen LogP contribution in [-0.4, -0.2) is 66.6 Å². The molecule has 0 aromatic rings. The van der Waals surface area contributed by atoms with E-state index in [0.717, 1.165) is 12.8 Å². The minimum atomic E-state index is -0.654. The summed E-state index contributed by atoms with van der Waals surface area (Å²) in [5.41, 5.74) is 6.24. The molecular weight excluding hydrogens is 334 g/mol. The molecule has 0 aromatic carbocycles. The first-order valence-electron chi connectivity index (χ1n) is 9.05. The molecule has 0 radical (unpaired) electrons. The molecule has 1 aliphatic rings. The van der Waals surface area contributed by atoms with Gasteiger partial charge in [-0.15, -0.1) is 0 Å². The summed E-state index contributed by atoms with van der Waals surface area (Å²) in [5.74, 6) is 0.224. The van der Waals surface area contributed by atoms with Gasteiger partial charge in [0.05, 0.1) is 13.2 Å². The van der Waals surface area contributed by atoms with Crippen molar-refractivity contribution in [3.05, 3.63) is 12.3 Å². The predicted octanol–water partition coefficient (Wildman–Crippen LogP) is 1.53. The number of ether oxygens (including phenoxy) is 1. The van der Waals surface area contributed by atoms with Gasteiger partial charge < -0.3 is 25.6 Å². The van der Waals surface area contributed by atoms with Gasteiger partial charge in [0.25, 0.3) is 0 Å². The molecule has 0 spiro atoms. The maximum atomic E-state index is 13.0. The molecule has 1 fully saturated rings. The maximum Gasteiger partial charge on any atom is 0.407 e. The fourth-order valence-corrected chi connectivity index (χ4v) is 2.97. The second-order valence-electron chi connectivity index (χ2n) is 6.88. The quantitative estimate of drug-likeness (QED) is 0.525. The number of allylic oxidation sites excluding steroid dienone is 1. The molecule has 1 rings (SSSR count). The van der Waals surface area contributed by atoms with Crippen LogP contribution in [0.15, 0.2) is 17.3 Å². The number of hydrogen-bond acceptors (Lipinski definition) is 5. The third-order valence-electron chi connectivity index (χ3n) is 4.58. The van der Waals surface area contributed by atoms with E-state index in [1.165, 1.54) is 7.11 Å². The SMILES string of the molecule is C/C=C\N(C)C(C)/N=C(\N)[C@@H]1CCCN1C(=O)[C@@H](NC(=O)OC)C(C)C. The van der Waals surface area contributed by atoms with Crippen LogP contribution in [0.4, 0.5) is 4.79 Å². The van der Waals surface area contributed by atoms with E-state index < -0.39 is 12.1 Å². The van der Waals surface area contributed by atoms with Crippen LogP contribution >= 0.6 is 0 Å². The van der Waals surface area contributed by atoms with Crippen LogP contribution in [0.1, 0.15) is 40.5 Å². The Labute approximate surface area is 156 Å². The largest absolute Gasteiger partial charge is 0.453 e. The van der Waals surface area contributed by atoms with Crippen molar-refractivity contribution >= 4 is 17.8 Å². The molecular formula is C18H33N5O3. The van der Waals surface area contributed by atoms with E-state index in [1.54, 1.807) is 4.90 Å². The van der Waals surface area contributed by atoms with E-state index in [4.69, 9.17) is 5.73 Å². The molecule has 8 heteroatoms. The molecule has 1 unspecified atom stereocenters. The van der Waals surface area contributed by atoms with Crippen LogP contribution in [0.2, 0.25) is 0 Å². The lowest BCUT2D eigenvalue weighted by molar-refractivity contribution is -0.134. The summed E-state index contributed by atoms with van der Waals surface area (Å²) in [6.45, 7) is 8.26. The number of likely N-dealkylation sites (tertiary alicyclic amines) is 1. The highest BCUT2D eigenvalue weighted by molar-refractivity contribution is 5.93. The maximum absolute atomic E-state index is 13.0. The van der Waals surface area contributed by atoms with Crippen molar-refractivity contribution in [3.8, 4) is 0 Å². The van der Waals surface area contributed by atoms with Crippen molar-refractivity contribution in [2.45, 2.75) is 58.8 Å². The normalized spacial score (nSPS) is 20.3. The first kappa shape index (κ1) is 21.8. The van der Waals surface area contributed by atoms with Crippen LogP contribution in [0.25, 0.3) is 0 Å². The smallest absolute Gasteiger partial charge is 0.407 e. The number of carbonyl (C=O) groups is 2. The number of nitrogens with one attached hydrogen (secondary N) is 1. The molecule has 3 N–H and O–H groups in total. The highest BCUT2D eigenvalue weighted by atomic mass is 16.5. The molecule has 8 nitrogen and oxygen atoms in total. The van der Waals surface area contributed by atoms with E-state index in [2.05, 4.69) is 15.0 Å². The van der Waals surface area contributed by atoms with Gasteiger partial charge in [0, 0.05) is 13.6 Å². The lowest BCUT2D eigenvalue weighted by Gasteiger charge is -2.31. The average Bonchev–Trinajstić information content (AvgIpc) is 3.08. The molecule has 1 heterocycles. The molecule has 1 saturated heterocycles. The third-order valence-corrected chi connectivity index (χ3v) is 4.58. The van der Waals surface area contributed by atoms with Gasteiger partial charge in [0.1, 0.15) is 18.0 Å². The Morgan fingerprint density at radius 3 is 2.58 bits per heavy atom. The van der Waals surface area contributed by atoms with Gasteiger partial charge in [-0.3, -0.25) is 4.79 Å². The standard InChI is InChI=1S/C18H33N5O3/c1-7-10-22(5)13(4)20-16(19)14-9-8-11-23(14)17(24)15(12(2)3)21-18(25)26-6/h7,10,12-15H,8-9,11H2,1-6H3,(H2,19,20)(H,21,25)/b10-7-/t13?,14-,15-/m0/s1. The zero-order valence-electron chi connectivity index (χ0n) is 16.7. The Morgan fingerprint density at radius 2 is 2.04 bits per heavy atom. The van der Waals surface area contributed by atoms with Gasteiger partial charge >= 0.3 is 6.09 Å². The predicted molar refractivity (Wildman–Crippen MR) is 103 cm³/mol. The molecule has 26 heavy (non-hydrogen) atoms. The van der Waals surface area contributed by atoms with Crippen molar-refractivity contribution in [1.82, 2.24) is 15.1 Å². The molecule has 0 saturated carbocycles. The van der Waals surface area contributed by atoms with Crippen LogP contribution in [0, 0.1) is 5.92 Å². The number of nitrogens with zero attached hydrogens (tertiary/aromatic N) is 3. The minimum absolute atomic E-state index is 0.0687. The van der Waals surface area contributed by atoms with E-state index in [0.29, 0.717) is 12.4 Å². The minimum Gasteiger partial charge on any atom is -0.453 e. The Kier molecular flexibility index (Phi) is 8.41. The monoisotopic (exact) mass is 367 g/mol. The summed E-state index contributed by atoms with van der Waals surface area (Å²) in [4.78, 5) is 32.8. The summed E-state index contributed by atoms with van der Waals surface area (Å²) < 4.78 is 4.64. The van der Waals surface area contributed by atoms with Gasteiger partial charge in [0.15, 0.2) is 0 Å². The van der Waals surface area contributed by atoms with Crippen molar-refractivity contribution in [2.75, 3.05) is 20.7 Å². The Hall–Kier alpha value is -2.25. The summed E-state index contributed by atoms with van der Waals surface area (Å²) in [6.07, 6.45) is 4.74. The number of alkyl carbamates (subject to hydrolysis) is 1. The number of amidine groups is 1. The Balaban J connectivity index is 2.94. The summed E-state index contributed by atoms with van der Waals surface area (Å²) in [6, 6.07) is -0.899. The van der Waals surface area contributed by atoms with Crippen LogP contribution in [0.3, 0.4) is 0 Å². The zero-order chi connectivity index (χ0) is 19.9. The van der Waals surface area contributed by atoms with Crippen LogP contribution in [-0.2, 0) is 9.53 Å². The molecule has 0 bridgehead atoms. The van der Waals surface area contributed by atoms with Gasteiger partial charge in [0.2, 0.25) is 5.91 Å². The highest BCUT2D eigenvalue weighted by Crippen LogP contribution is 2.21. The molecule has 148 valence electrons. The Morgan fingerprint density at radius 1 is 1.38 bits per heavy atom. The highest BCUT2D eigenvalue weighted by Gasteiger charge is 2.37. The van der Waals surface area contributed by atoms with E-state index in [1.807, 2.05) is 51.9 Å². The van der Waals surface area contributed by atoms with Crippen molar-refractivity contribution in [2.24, 2.45) is 16.6 Å². The lowest BCUT2D eigenvalue weighted by Crippen LogP contribution is -2.54. The zero-order valence-corrected chi connectivity index (χ0v) is 16.7. The average molecular weight is 367 g/mol. The van der Waals surface area contributed by atoms with Crippen molar-refractivity contribution in [3.63, 3.8) is 0 Å². The lowest BCUT2D eigenvalue weighted by atomic mass is 10.0. The van der Waals surface area contributed by atoms with Crippen molar-refractivity contribution in [1.29, 1.82) is 0 Å². The number of rotatable bonds is 7. The summed E-state index contributed by atoms with van der Waals surface area (Å²) in [7, 11) is 3.21. The molecule has 1 aliphatic heterocycles. The number of aliphatic imine (C=N–C) groups is 1. The fraction of sp³-hybridized carbons (Fsp3) is 0.722. The summed E-state index contributed by atoms with van der Waals surface area (Å²) in [5, 5.41) is 2.63. The van der Waals surface area contributed by atoms with Crippen molar-refractivity contribution < 1.29 is 14.3 Å². The van der Waals surface area contributed by atoms with E-state index >= 15 is 0 Å². The number of amides is 2. The van der Waals surface area contributed by atoms with Gasteiger partial charge in [-0.25, -0.2) is 9.79 Å². The molecule has 0 aromatic heterocycles. The molecule has 3 atom stereocenters. The fourth-order valence-electron chi connectivity index (χ4n) is 2.97. The second kappa shape index (κ2) is 10.0. The second-order valence-corrected chi connectivity index (χ2v) is 6.88. The van der Waals surface area contributed by atoms with Gasteiger partial charge in [-0.05, 0) is 38.8 Å². The Bertz CT molecular complexity index is 547. The van der Waals surface area contributed by atoms with Gasteiger partial charge in [-0.1, -0.05) is 19.9 Å². The van der Waals surface area contributed by atoms with Gasteiger partial charge in [-0.2, -0.15) is 0 Å². The third kappa shape index (κ3) is 5.64. The molecule has 0 aliphatic carbocycles. The first-order valence-corrected chi connectivity index (χ1v) is 9.05. The van der Waals surface area contributed by atoms with E-state index in [9.17, 15) is 9.59 Å². The number of nitrogens with two attached hydrogens (primary N) is 1. The summed E-state index contributed by atoms with van der Waals surface area (Å²) >= 11 is 0.